The van der Waals surface area contributed by atoms with Crippen LogP contribution in [-0.2, 0) is 20.9 Å². The number of benzene rings is 1. The van der Waals surface area contributed by atoms with E-state index >= 15 is 0 Å². The molecule has 0 amide bonds. The highest BCUT2D eigenvalue weighted by molar-refractivity contribution is 14.1. The number of hydrogen-bond acceptors (Lipinski definition) is 4. The molecule has 0 saturated carbocycles. The van der Waals surface area contributed by atoms with E-state index < -0.39 is 10.1 Å². The highest BCUT2D eigenvalue weighted by atomic mass is 127. The molecule has 0 fully saturated rings. The van der Waals surface area contributed by atoms with Crippen LogP contribution in [0.2, 0.25) is 0 Å². The average molecular weight is 389 g/mol. The van der Waals surface area contributed by atoms with Gasteiger partial charge in [-0.1, -0.05) is 23.8 Å². The second-order valence-electron chi connectivity index (χ2n) is 4.02. The van der Waals surface area contributed by atoms with Crippen molar-refractivity contribution in [2.75, 3.05) is 0 Å². The summed E-state index contributed by atoms with van der Waals surface area (Å²) in [6, 6.07) is 10.1. The first-order valence-corrected chi connectivity index (χ1v) is 8.02. The van der Waals surface area contributed by atoms with Gasteiger partial charge in [-0.05, 0) is 53.3 Å². The molecule has 2 aromatic rings. The van der Waals surface area contributed by atoms with Crippen LogP contribution >= 0.6 is 22.6 Å². The smallest absolute Gasteiger partial charge is 0.261 e. The fourth-order valence-electron chi connectivity index (χ4n) is 1.41. The summed E-state index contributed by atoms with van der Waals surface area (Å²) in [5.74, 6) is 0. The molecule has 0 aliphatic heterocycles. The molecule has 0 spiro atoms. The lowest BCUT2D eigenvalue weighted by Gasteiger charge is -2.06. The van der Waals surface area contributed by atoms with Gasteiger partial charge in [-0.2, -0.15) is 8.42 Å². The first kappa shape index (κ1) is 14.4. The van der Waals surface area contributed by atoms with Gasteiger partial charge in [0.2, 0.25) is 0 Å². The van der Waals surface area contributed by atoms with Crippen molar-refractivity contribution in [2.45, 2.75) is 18.4 Å². The van der Waals surface area contributed by atoms with Crippen molar-refractivity contribution in [3.05, 3.63) is 57.4 Å². The molecule has 1 heterocycles. The molecule has 0 radical (unpaired) electrons. The first-order valence-electron chi connectivity index (χ1n) is 5.54. The Balaban J connectivity index is 2.09. The summed E-state index contributed by atoms with van der Waals surface area (Å²) in [5.41, 5.74) is 1.72. The second kappa shape index (κ2) is 5.98. The Hall–Kier alpha value is -0.990. The molecule has 1 aromatic heterocycles. The lowest BCUT2D eigenvalue weighted by Crippen LogP contribution is -2.06. The summed E-state index contributed by atoms with van der Waals surface area (Å²) < 4.78 is 29.7. The predicted octanol–water partition coefficient (Wildman–Crippen LogP) is 2.90. The van der Waals surface area contributed by atoms with E-state index in [0.717, 1.165) is 14.8 Å². The minimum Gasteiger partial charge on any atom is -0.261 e. The van der Waals surface area contributed by atoms with E-state index in [4.69, 9.17) is 4.18 Å². The third-order valence-electron chi connectivity index (χ3n) is 2.48. The van der Waals surface area contributed by atoms with E-state index in [1.165, 1.54) is 12.1 Å². The van der Waals surface area contributed by atoms with Crippen LogP contribution in [0.4, 0.5) is 0 Å². The summed E-state index contributed by atoms with van der Waals surface area (Å²) in [5, 5.41) is 0. The lowest BCUT2D eigenvalue weighted by atomic mass is 10.2. The molecule has 1 aromatic carbocycles. The van der Waals surface area contributed by atoms with Gasteiger partial charge in [0.15, 0.2) is 0 Å². The molecule has 0 aliphatic rings. The molecular formula is C13H12INO3S. The maximum atomic E-state index is 11.9. The van der Waals surface area contributed by atoms with Crippen molar-refractivity contribution in [2.24, 2.45) is 0 Å². The minimum atomic E-state index is -3.72. The van der Waals surface area contributed by atoms with Crippen LogP contribution in [-0.4, -0.2) is 13.4 Å². The fraction of sp³-hybridized carbons (Fsp3) is 0.154. The molecular weight excluding hydrogens is 377 g/mol. The van der Waals surface area contributed by atoms with Crippen molar-refractivity contribution in [3.63, 3.8) is 0 Å². The third kappa shape index (κ3) is 3.99. The van der Waals surface area contributed by atoms with Gasteiger partial charge in [0.1, 0.15) is 3.70 Å². The van der Waals surface area contributed by atoms with Crippen LogP contribution in [0.1, 0.15) is 11.1 Å². The highest BCUT2D eigenvalue weighted by Crippen LogP contribution is 2.15. The second-order valence-corrected chi connectivity index (χ2v) is 6.74. The largest absolute Gasteiger partial charge is 0.297 e. The molecule has 0 atom stereocenters. The van der Waals surface area contributed by atoms with Gasteiger partial charge in [0, 0.05) is 6.20 Å². The molecule has 6 heteroatoms. The molecule has 0 aliphatic carbocycles. The van der Waals surface area contributed by atoms with E-state index in [2.05, 4.69) is 27.6 Å². The Kier molecular flexibility index (Phi) is 4.54. The molecule has 0 unspecified atom stereocenters. The van der Waals surface area contributed by atoms with Crippen molar-refractivity contribution in [1.82, 2.24) is 4.98 Å². The Labute approximate surface area is 126 Å². The number of nitrogens with zero attached hydrogens (tertiary/aromatic N) is 1. The van der Waals surface area contributed by atoms with Crippen LogP contribution in [0.15, 0.2) is 47.5 Å². The average Bonchev–Trinajstić information content (AvgIpc) is 2.39. The normalized spacial score (nSPS) is 11.5. The molecule has 0 N–H and O–H groups in total. The summed E-state index contributed by atoms with van der Waals surface area (Å²) >= 11 is 2.08. The zero-order valence-electron chi connectivity index (χ0n) is 10.2. The number of rotatable bonds is 4. The topological polar surface area (TPSA) is 56.3 Å². The van der Waals surface area contributed by atoms with Gasteiger partial charge in [0.25, 0.3) is 10.1 Å². The number of hydrogen-bond donors (Lipinski definition) is 0. The van der Waals surface area contributed by atoms with Crippen LogP contribution in [0.3, 0.4) is 0 Å². The summed E-state index contributed by atoms with van der Waals surface area (Å²) in [7, 11) is -3.72. The van der Waals surface area contributed by atoms with Crippen LogP contribution in [0.25, 0.3) is 0 Å². The van der Waals surface area contributed by atoms with E-state index in [1.54, 1.807) is 30.5 Å². The SMILES string of the molecule is Cc1ccc(S(=O)(=O)OCc2ccc(I)nc2)cc1. The van der Waals surface area contributed by atoms with Gasteiger partial charge in [0.05, 0.1) is 11.5 Å². The lowest BCUT2D eigenvalue weighted by molar-refractivity contribution is 0.307. The van der Waals surface area contributed by atoms with Crippen molar-refractivity contribution < 1.29 is 12.6 Å². The van der Waals surface area contributed by atoms with Gasteiger partial charge in [-0.3, -0.25) is 4.18 Å². The quantitative estimate of drug-likeness (QED) is 0.459. The van der Waals surface area contributed by atoms with E-state index in [9.17, 15) is 8.42 Å². The Morgan fingerprint density at radius 2 is 1.84 bits per heavy atom. The van der Waals surface area contributed by atoms with E-state index in [-0.39, 0.29) is 11.5 Å². The molecule has 0 bridgehead atoms. The third-order valence-corrected chi connectivity index (χ3v) is 4.39. The van der Waals surface area contributed by atoms with Gasteiger partial charge in [-0.15, -0.1) is 0 Å². The van der Waals surface area contributed by atoms with E-state index in [1.807, 2.05) is 6.92 Å². The van der Waals surface area contributed by atoms with Crippen LogP contribution in [0.5, 0.6) is 0 Å². The van der Waals surface area contributed by atoms with Gasteiger partial charge >= 0.3 is 0 Å². The minimum absolute atomic E-state index is 0.0138. The number of pyridine rings is 1. The van der Waals surface area contributed by atoms with Crippen molar-refractivity contribution in [1.29, 1.82) is 0 Å². The molecule has 4 nitrogen and oxygen atoms in total. The highest BCUT2D eigenvalue weighted by Gasteiger charge is 2.14. The first-order chi connectivity index (χ1) is 8.97. The summed E-state index contributed by atoms with van der Waals surface area (Å²) in [6.45, 7) is 1.88. The van der Waals surface area contributed by atoms with Crippen LogP contribution in [0, 0.1) is 10.6 Å². The van der Waals surface area contributed by atoms with Gasteiger partial charge in [-0.25, -0.2) is 4.98 Å². The fourth-order valence-corrected chi connectivity index (χ4v) is 2.63. The number of aromatic nitrogens is 1. The summed E-state index contributed by atoms with van der Waals surface area (Å²) in [4.78, 5) is 4.24. The molecule has 0 saturated heterocycles. The Morgan fingerprint density at radius 1 is 1.16 bits per heavy atom. The predicted molar refractivity (Wildman–Crippen MR) is 80.1 cm³/mol. The van der Waals surface area contributed by atoms with Crippen molar-refractivity contribution >= 4 is 32.7 Å². The van der Waals surface area contributed by atoms with Crippen molar-refractivity contribution in [3.8, 4) is 0 Å². The van der Waals surface area contributed by atoms with Crippen LogP contribution < -0.4 is 0 Å². The standard InChI is InChI=1S/C13H12INO3S/c1-10-2-5-12(6-3-10)19(16,17)18-9-11-4-7-13(14)15-8-11/h2-8H,9H2,1H3. The maximum Gasteiger partial charge on any atom is 0.297 e. The Bertz CT molecular complexity index is 651. The molecule has 100 valence electrons. The molecule has 19 heavy (non-hydrogen) atoms. The number of aryl methyl sites for hydroxylation is 1. The maximum absolute atomic E-state index is 11.9. The zero-order chi connectivity index (χ0) is 13.9. The number of halogens is 1. The summed E-state index contributed by atoms with van der Waals surface area (Å²) in [6.07, 6.45) is 1.60. The molecule has 2 rings (SSSR count). The van der Waals surface area contributed by atoms with Gasteiger partial charge < -0.3 is 0 Å². The van der Waals surface area contributed by atoms with E-state index in [0.29, 0.717) is 0 Å². The monoisotopic (exact) mass is 389 g/mol. The zero-order valence-corrected chi connectivity index (χ0v) is 13.2. The Morgan fingerprint density at radius 3 is 2.42 bits per heavy atom.